The lowest BCUT2D eigenvalue weighted by molar-refractivity contribution is -0.116. The highest BCUT2D eigenvalue weighted by Crippen LogP contribution is 2.19. The molecule has 4 aromatic rings. The van der Waals surface area contributed by atoms with Crippen molar-refractivity contribution >= 4 is 61.7 Å². The maximum atomic E-state index is 13.3. The highest BCUT2D eigenvalue weighted by Gasteiger charge is 2.26. The fraction of sp³-hybridized carbons (Fsp3) is 0.0435. The molecule has 1 heterocycles. The molecule has 0 aliphatic carbocycles. The monoisotopic (exact) mass is 547 g/mol. The Balaban J connectivity index is 1.83. The Bertz CT molecular complexity index is 1740. The van der Waals surface area contributed by atoms with Gasteiger partial charge in [0, 0.05) is 15.7 Å². The number of halogens is 2. The van der Waals surface area contributed by atoms with Gasteiger partial charge in [0.1, 0.15) is 6.54 Å². The Kier molecular flexibility index (Phi) is 6.72. The Morgan fingerprint density at radius 3 is 2.11 bits per heavy atom. The molecule has 2 N–H and O–H groups in total. The molecule has 0 unspecified atom stereocenters. The predicted octanol–water partition coefficient (Wildman–Crippen LogP) is 3.04. The van der Waals surface area contributed by atoms with Gasteiger partial charge in [-0.1, -0.05) is 23.2 Å². The van der Waals surface area contributed by atoms with E-state index in [0.29, 0.717) is 0 Å². The molecule has 0 spiro atoms. The first kappa shape index (κ1) is 25.2. The Morgan fingerprint density at radius 1 is 0.889 bits per heavy atom. The summed E-state index contributed by atoms with van der Waals surface area (Å²) in [6, 6.07) is 14.0. The van der Waals surface area contributed by atoms with Crippen molar-refractivity contribution in [3.05, 3.63) is 103 Å². The summed E-state index contributed by atoms with van der Waals surface area (Å²) in [6.07, 6.45) is 0. The Hall–Kier alpha value is -3.93. The third kappa shape index (κ3) is 4.76. The van der Waals surface area contributed by atoms with E-state index in [1.165, 1.54) is 54.6 Å². The summed E-state index contributed by atoms with van der Waals surface area (Å²) < 4.78 is 27.4. The van der Waals surface area contributed by atoms with Crippen LogP contribution < -0.4 is 16.6 Å². The first-order chi connectivity index (χ1) is 17.0. The quantitative estimate of drug-likeness (QED) is 0.377. The molecule has 0 bridgehead atoms. The van der Waals surface area contributed by atoms with Gasteiger partial charge in [0.2, 0.25) is 5.91 Å². The van der Waals surface area contributed by atoms with E-state index in [4.69, 9.17) is 28.3 Å². The molecule has 0 saturated heterocycles. The fourth-order valence-corrected chi connectivity index (χ4v) is 5.04. The molecular formula is C23H15Cl2N3O7S. The van der Waals surface area contributed by atoms with Crippen molar-refractivity contribution in [2.24, 2.45) is 0 Å². The van der Waals surface area contributed by atoms with Crippen LogP contribution in [0.3, 0.4) is 0 Å². The number of hydrogen-bond donors (Lipinski definition) is 2. The van der Waals surface area contributed by atoms with E-state index in [2.05, 4.69) is 5.32 Å². The summed E-state index contributed by atoms with van der Waals surface area (Å²) in [5.41, 5.74) is -2.19. The molecule has 1 aromatic heterocycles. The fourth-order valence-electron chi connectivity index (χ4n) is 3.43. The van der Waals surface area contributed by atoms with Crippen LogP contribution >= 0.6 is 23.2 Å². The predicted molar refractivity (Wildman–Crippen MR) is 134 cm³/mol. The molecule has 0 saturated carbocycles. The van der Waals surface area contributed by atoms with Crippen molar-refractivity contribution in [3.63, 3.8) is 0 Å². The molecule has 0 aliphatic heterocycles. The number of aromatic carboxylic acids is 1. The largest absolute Gasteiger partial charge is 0.478 e. The summed E-state index contributed by atoms with van der Waals surface area (Å²) in [5.74, 6) is -1.89. The van der Waals surface area contributed by atoms with Crippen LogP contribution in [0.5, 0.6) is 0 Å². The minimum absolute atomic E-state index is 0.00402. The van der Waals surface area contributed by atoms with Crippen molar-refractivity contribution in [1.29, 1.82) is 0 Å². The average molecular weight is 548 g/mol. The number of anilines is 1. The number of nitrogens with zero attached hydrogens (tertiary/aromatic N) is 2. The number of carboxylic acids is 1. The van der Waals surface area contributed by atoms with E-state index in [-0.39, 0.29) is 41.1 Å². The number of carbonyl (C=O) groups is 2. The normalized spacial score (nSPS) is 11.4. The van der Waals surface area contributed by atoms with E-state index in [1.807, 2.05) is 0 Å². The van der Waals surface area contributed by atoms with Gasteiger partial charge in [-0.25, -0.2) is 18.0 Å². The second-order valence-corrected chi connectivity index (χ2v) is 10.1. The Labute approximate surface area is 213 Å². The molecule has 1 amide bonds. The molecule has 10 nitrogen and oxygen atoms in total. The van der Waals surface area contributed by atoms with Crippen LogP contribution in [0.1, 0.15) is 10.4 Å². The number of nitrogens with one attached hydrogen (secondary N) is 1. The maximum absolute atomic E-state index is 13.3. The zero-order chi connectivity index (χ0) is 26.2. The van der Waals surface area contributed by atoms with Gasteiger partial charge in [0.15, 0.2) is 0 Å². The topological polar surface area (TPSA) is 145 Å². The van der Waals surface area contributed by atoms with Gasteiger partial charge < -0.3 is 10.4 Å². The average Bonchev–Trinajstić information content (AvgIpc) is 2.82. The van der Waals surface area contributed by atoms with E-state index >= 15 is 0 Å². The number of carbonyl (C=O) groups excluding carboxylic acids is 1. The van der Waals surface area contributed by atoms with Crippen LogP contribution in [0, 0.1) is 0 Å². The molecule has 0 fully saturated rings. The van der Waals surface area contributed by atoms with E-state index in [1.54, 1.807) is 0 Å². The van der Waals surface area contributed by atoms with Crippen LogP contribution in [0.15, 0.2) is 81.2 Å². The molecule has 0 aliphatic rings. The minimum Gasteiger partial charge on any atom is -0.478 e. The van der Waals surface area contributed by atoms with Crippen LogP contribution in [0.4, 0.5) is 5.69 Å². The van der Waals surface area contributed by atoms with Crippen molar-refractivity contribution in [2.75, 3.05) is 5.32 Å². The van der Waals surface area contributed by atoms with Gasteiger partial charge in [0.25, 0.3) is 15.6 Å². The van der Waals surface area contributed by atoms with E-state index in [0.717, 1.165) is 16.7 Å². The van der Waals surface area contributed by atoms with Crippen molar-refractivity contribution in [3.8, 4) is 0 Å². The number of fused-ring (bicyclic) bond motifs is 1. The Morgan fingerprint density at radius 2 is 1.50 bits per heavy atom. The molecule has 4 rings (SSSR count). The summed E-state index contributed by atoms with van der Waals surface area (Å²) in [4.78, 5) is 49.9. The SMILES string of the molecule is O=C(Cn1c(=O)n(S(=O)(=O)c2ccc(Cl)cc2)c(=O)c2ccc(Cl)cc21)Nc1ccc(C(=O)O)cc1. The molecular weight excluding hydrogens is 533 g/mol. The highest BCUT2D eigenvalue weighted by molar-refractivity contribution is 7.90. The lowest BCUT2D eigenvalue weighted by Gasteiger charge is -2.15. The molecule has 184 valence electrons. The molecule has 0 atom stereocenters. The van der Waals surface area contributed by atoms with Crippen LogP contribution in [-0.4, -0.2) is 33.9 Å². The number of carboxylic acid groups (broad SMARTS) is 1. The third-order valence-electron chi connectivity index (χ3n) is 5.14. The molecule has 13 heteroatoms. The second-order valence-electron chi connectivity index (χ2n) is 7.49. The first-order valence-electron chi connectivity index (χ1n) is 10.1. The lowest BCUT2D eigenvalue weighted by Crippen LogP contribution is -2.45. The van der Waals surface area contributed by atoms with Gasteiger partial charge in [-0.05, 0) is 66.7 Å². The highest BCUT2D eigenvalue weighted by atomic mass is 35.5. The maximum Gasteiger partial charge on any atom is 0.346 e. The minimum atomic E-state index is -4.66. The summed E-state index contributed by atoms with van der Waals surface area (Å²) in [6.45, 7) is -0.674. The molecule has 3 aromatic carbocycles. The number of aromatic nitrogens is 2. The zero-order valence-electron chi connectivity index (χ0n) is 18.0. The van der Waals surface area contributed by atoms with E-state index in [9.17, 15) is 27.6 Å². The van der Waals surface area contributed by atoms with Gasteiger partial charge >= 0.3 is 11.7 Å². The molecule has 0 radical (unpaired) electrons. The van der Waals surface area contributed by atoms with Gasteiger partial charge in [-0.2, -0.15) is 0 Å². The number of hydrogen-bond acceptors (Lipinski definition) is 6. The van der Waals surface area contributed by atoms with Crippen molar-refractivity contribution in [2.45, 2.75) is 11.4 Å². The van der Waals surface area contributed by atoms with Crippen molar-refractivity contribution in [1.82, 2.24) is 8.54 Å². The van der Waals surface area contributed by atoms with Crippen LogP contribution in [0.25, 0.3) is 10.9 Å². The zero-order valence-corrected chi connectivity index (χ0v) is 20.3. The number of rotatable bonds is 6. The van der Waals surface area contributed by atoms with Crippen molar-refractivity contribution < 1.29 is 23.1 Å². The summed E-state index contributed by atoms with van der Waals surface area (Å²) in [7, 11) is -4.66. The van der Waals surface area contributed by atoms with E-state index < -0.39 is 39.7 Å². The summed E-state index contributed by atoms with van der Waals surface area (Å²) in [5, 5.41) is 11.7. The standard InChI is InChI=1S/C23H15Cl2N3O7S/c24-14-3-8-17(9-4-14)36(34,35)28-21(30)18-10-5-15(25)11-19(18)27(23(28)33)12-20(29)26-16-6-1-13(2-7-16)22(31)32/h1-11H,12H2,(H,26,29)(H,31,32). The second kappa shape index (κ2) is 9.61. The third-order valence-corrected chi connectivity index (χ3v) is 7.30. The lowest BCUT2D eigenvalue weighted by atomic mass is 10.2. The van der Waals surface area contributed by atoms with Gasteiger partial charge in [0.05, 0.1) is 21.4 Å². The van der Waals surface area contributed by atoms with Gasteiger partial charge in [-0.3, -0.25) is 14.2 Å². The number of amides is 1. The first-order valence-corrected chi connectivity index (χ1v) is 12.3. The van der Waals surface area contributed by atoms with Crippen LogP contribution in [0.2, 0.25) is 10.0 Å². The smallest absolute Gasteiger partial charge is 0.346 e. The summed E-state index contributed by atoms with van der Waals surface area (Å²) >= 11 is 11.9. The number of benzene rings is 3. The molecule has 36 heavy (non-hydrogen) atoms. The van der Waals surface area contributed by atoms with Gasteiger partial charge in [-0.15, -0.1) is 3.97 Å². The van der Waals surface area contributed by atoms with Crippen LogP contribution in [-0.2, 0) is 21.4 Å².